The fourth-order valence-corrected chi connectivity index (χ4v) is 1.61. The van der Waals surface area contributed by atoms with E-state index in [2.05, 4.69) is 5.32 Å². The number of nitriles is 1. The molecule has 7 nitrogen and oxygen atoms in total. The second-order valence-electron chi connectivity index (χ2n) is 3.92. The van der Waals surface area contributed by atoms with Gasteiger partial charge in [0.05, 0.1) is 4.92 Å². The molecule has 7 heteroatoms. The third kappa shape index (κ3) is 3.67. The summed E-state index contributed by atoms with van der Waals surface area (Å²) >= 11 is 0. The van der Waals surface area contributed by atoms with Crippen LogP contribution < -0.4 is 5.32 Å². The average molecular weight is 263 g/mol. The molecule has 0 spiro atoms. The Bertz CT molecular complexity index is 536. The first kappa shape index (κ1) is 14.4. The van der Waals surface area contributed by atoms with Crippen molar-refractivity contribution in [3.63, 3.8) is 0 Å². The van der Waals surface area contributed by atoms with Gasteiger partial charge in [0.25, 0.3) is 5.69 Å². The van der Waals surface area contributed by atoms with E-state index >= 15 is 0 Å². The Morgan fingerprint density at radius 2 is 2.32 bits per heavy atom. The zero-order valence-electron chi connectivity index (χ0n) is 10.3. The van der Waals surface area contributed by atoms with Crippen LogP contribution in [0.3, 0.4) is 0 Å². The monoisotopic (exact) mass is 263 g/mol. The van der Waals surface area contributed by atoms with Crippen LogP contribution in [0.25, 0.3) is 0 Å². The van der Waals surface area contributed by atoms with E-state index in [1.807, 2.05) is 6.92 Å². The standard InChI is InChI=1S/C12H13N3O4/c1-2-3-10(12(16)17)14-9-5-4-8(7-13)11(6-9)15(18)19/h4-6,10,14H,2-3H2,1H3,(H,16,17). The molecule has 0 aliphatic carbocycles. The van der Waals surface area contributed by atoms with E-state index in [9.17, 15) is 14.9 Å². The molecule has 1 aromatic carbocycles. The molecule has 0 saturated heterocycles. The maximum absolute atomic E-state index is 11.0. The third-order valence-corrected chi connectivity index (χ3v) is 2.53. The van der Waals surface area contributed by atoms with Crippen molar-refractivity contribution in [1.29, 1.82) is 5.26 Å². The van der Waals surface area contributed by atoms with Crippen molar-refractivity contribution in [2.75, 3.05) is 5.32 Å². The van der Waals surface area contributed by atoms with Crippen LogP contribution in [0.1, 0.15) is 25.3 Å². The van der Waals surface area contributed by atoms with Gasteiger partial charge in [-0.3, -0.25) is 10.1 Å². The number of nitrogens with zero attached hydrogens (tertiary/aromatic N) is 2. The van der Waals surface area contributed by atoms with Gasteiger partial charge >= 0.3 is 5.97 Å². The zero-order chi connectivity index (χ0) is 14.4. The number of nitro benzene ring substituents is 1. The summed E-state index contributed by atoms with van der Waals surface area (Å²) in [5.41, 5.74) is -0.0856. The van der Waals surface area contributed by atoms with Gasteiger partial charge in [0.15, 0.2) is 0 Å². The van der Waals surface area contributed by atoms with Gasteiger partial charge in [0, 0.05) is 11.8 Å². The summed E-state index contributed by atoms with van der Waals surface area (Å²) < 4.78 is 0. The minimum atomic E-state index is -1.02. The van der Waals surface area contributed by atoms with Crippen molar-refractivity contribution >= 4 is 17.3 Å². The maximum atomic E-state index is 11.0. The van der Waals surface area contributed by atoms with Crippen molar-refractivity contribution in [3.05, 3.63) is 33.9 Å². The molecule has 19 heavy (non-hydrogen) atoms. The lowest BCUT2D eigenvalue weighted by Crippen LogP contribution is -2.28. The number of nitrogens with one attached hydrogen (secondary N) is 1. The number of rotatable bonds is 6. The van der Waals surface area contributed by atoms with Gasteiger partial charge in [0.1, 0.15) is 17.7 Å². The summed E-state index contributed by atoms with van der Waals surface area (Å²) in [7, 11) is 0. The molecule has 0 amide bonds. The Hall–Kier alpha value is -2.62. The number of carbonyl (C=O) groups is 1. The Morgan fingerprint density at radius 3 is 2.79 bits per heavy atom. The molecule has 0 radical (unpaired) electrons. The number of nitro groups is 1. The molecule has 100 valence electrons. The molecule has 0 aliphatic rings. The summed E-state index contributed by atoms with van der Waals surface area (Å²) in [4.78, 5) is 21.1. The lowest BCUT2D eigenvalue weighted by molar-refractivity contribution is -0.385. The highest BCUT2D eigenvalue weighted by Crippen LogP contribution is 2.23. The van der Waals surface area contributed by atoms with Crippen molar-refractivity contribution < 1.29 is 14.8 Å². The van der Waals surface area contributed by atoms with Gasteiger partial charge in [-0.2, -0.15) is 5.26 Å². The second-order valence-corrected chi connectivity index (χ2v) is 3.92. The average Bonchev–Trinajstić information content (AvgIpc) is 2.37. The Kier molecular flexibility index (Phi) is 4.83. The van der Waals surface area contributed by atoms with E-state index < -0.39 is 16.9 Å². The van der Waals surface area contributed by atoms with Crippen molar-refractivity contribution in [2.45, 2.75) is 25.8 Å². The number of benzene rings is 1. The largest absolute Gasteiger partial charge is 0.480 e. The van der Waals surface area contributed by atoms with Gasteiger partial charge in [0.2, 0.25) is 0 Å². The molecular weight excluding hydrogens is 250 g/mol. The molecule has 0 aromatic heterocycles. The Balaban J connectivity index is 3.02. The fraction of sp³-hybridized carbons (Fsp3) is 0.333. The van der Waals surface area contributed by atoms with E-state index in [0.717, 1.165) is 0 Å². The van der Waals surface area contributed by atoms with E-state index in [-0.39, 0.29) is 11.3 Å². The summed E-state index contributed by atoms with van der Waals surface area (Å²) in [6.07, 6.45) is 1.07. The van der Waals surface area contributed by atoms with Gasteiger partial charge in [-0.05, 0) is 18.6 Å². The molecule has 0 heterocycles. The summed E-state index contributed by atoms with van der Waals surface area (Å²) in [5, 5.41) is 31.2. The topological polar surface area (TPSA) is 116 Å². The molecule has 1 aromatic rings. The molecule has 0 aliphatic heterocycles. The molecule has 0 bridgehead atoms. The van der Waals surface area contributed by atoms with E-state index in [1.54, 1.807) is 6.07 Å². The summed E-state index contributed by atoms with van der Waals surface area (Å²) in [6.45, 7) is 1.85. The molecule has 1 unspecified atom stereocenters. The Morgan fingerprint density at radius 1 is 1.63 bits per heavy atom. The first-order valence-electron chi connectivity index (χ1n) is 5.67. The van der Waals surface area contributed by atoms with Gasteiger partial charge < -0.3 is 10.4 Å². The summed E-state index contributed by atoms with van der Waals surface area (Å²) in [5.74, 6) is -1.02. The minimum absolute atomic E-state index is 0.0575. The van der Waals surface area contributed by atoms with Crippen LogP contribution in [-0.2, 0) is 4.79 Å². The van der Waals surface area contributed by atoms with Crippen molar-refractivity contribution in [3.8, 4) is 6.07 Å². The van der Waals surface area contributed by atoms with E-state index in [1.165, 1.54) is 18.2 Å². The molecule has 0 fully saturated rings. The van der Waals surface area contributed by atoms with Crippen LogP contribution in [0.2, 0.25) is 0 Å². The van der Waals surface area contributed by atoms with Crippen LogP contribution in [0.15, 0.2) is 18.2 Å². The predicted octanol–water partition coefficient (Wildman–Crippen LogP) is 2.13. The summed E-state index contributed by atoms with van der Waals surface area (Å²) in [6, 6.07) is 4.84. The molecule has 1 atom stereocenters. The molecule has 1 rings (SSSR count). The highest BCUT2D eigenvalue weighted by Gasteiger charge is 2.19. The quantitative estimate of drug-likeness (QED) is 0.599. The highest BCUT2D eigenvalue weighted by atomic mass is 16.6. The zero-order valence-corrected chi connectivity index (χ0v) is 10.3. The molecule has 0 saturated carbocycles. The number of anilines is 1. The highest BCUT2D eigenvalue weighted by molar-refractivity contribution is 5.77. The smallest absolute Gasteiger partial charge is 0.326 e. The molecule has 2 N–H and O–H groups in total. The lowest BCUT2D eigenvalue weighted by atomic mass is 10.1. The SMILES string of the molecule is CCCC(Nc1ccc(C#N)c([N+](=O)[O-])c1)C(=O)O. The number of hydrogen-bond acceptors (Lipinski definition) is 5. The number of carboxylic acid groups (broad SMARTS) is 1. The van der Waals surface area contributed by atoms with Crippen molar-refractivity contribution in [2.24, 2.45) is 0 Å². The normalized spacial score (nSPS) is 11.4. The minimum Gasteiger partial charge on any atom is -0.480 e. The van der Waals surface area contributed by atoms with Crippen LogP contribution in [0.5, 0.6) is 0 Å². The first-order chi connectivity index (χ1) is 8.99. The number of carboxylic acids is 1. The Labute approximate surface area is 109 Å². The van der Waals surface area contributed by atoms with Gasteiger partial charge in [-0.25, -0.2) is 4.79 Å². The molecular formula is C12H13N3O4. The first-order valence-corrected chi connectivity index (χ1v) is 5.67. The second kappa shape index (κ2) is 6.35. The van der Waals surface area contributed by atoms with Gasteiger partial charge in [-0.15, -0.1) is 0 Å². The van der Waals surface area contributed by atoms with Crippen molar-refractivity contribution in [1.82, 2.24) is 0 Å². The van der Waals surface area contributed by atoms with Gasteiger partial charge in [-0.1, -0.05) is 13.3 Å². The predicted molar refractivity (Wildman–Crippen MR) is 67.8 cm³/mol. The third-order valence-electron chi connectivity index (χ3n) is 2.53. The number of hydrogen-bond donors (Lipinski definition) is 2. The van der Waals surface area contributed by atoms with Crippen LogP contribution in [0, 0.1) is 21.4 Å². The number of aliphatic carboxylic acids is 1. The van der Waals surface area contributed by atoms with Crippen LogP contribution >= 0.6 is 0 Å². The van der Waals surface area contributed by atoms with Crippen LogP contribution in [-0.4, -0.2) is 22.0 Å². The van der Waals surface area contributed by atoms with E-state index in [4.69, 9.17) is 10.4 Å². The van der Waals surface area contributed by atoms with E-state index in [0.29, 0.717) is 18.5 Å². The van der Waals surface area contributed by atoms with Crippen LogP contribution in [0.4, 0.5) is 11.4 Å². The lowest BCUT2D eigenvalue weighted by Gasteiger charge is -2.14. The maximum Gasteiger partial charge on any atom is 0.326 e. The fourth-order valence-electron chi connectivity index (χ4n) is 1.61.